The van der Waals surface area contributed by atoms with Gasteiger partial charge in [-0.15, -0.1) is 0 Å². The Morgan fingerprint density at radius 1 is 1.14 bits per heavy atom. The fraction of sp³-hybridized carbons (Fsp3) is 0.522. The monoisotopic (exact) mass is 395 g/mol. The van der Waals surface area contributed by atoms with Crippen LogP contribution in [0.1, 0.15) is 60.6 Å². The summed E-state index contributed by atoms with van der Waals surface area (Å²) in [6.07, 6.45) is 2.47. The number of nitrogens with zero attached hydrogens (tertiary/aromatic N) is 1. The summed E-state index contributed by atoms with van der Waals surface area (Å²) in [6.45, 7) is 14.8. The van der Waals surface area contributed by atoms with E-state index < -0.39 is 5.60 Å². The number of aryl methyl sites for hydroxylation is 1. The lowest BCUT2D eigenvalue weighted by atomic mass is 9.78. The van der Waals surface area contributed by atoms with Gasteiger partial charge in [-0.2, -0.15) is 0 Å². The van der Waals surface area contributed by atoms with Gasteiger partial charge in [0.25, 0.3) is 0 Å². The van der Waals surface area contributed by atoms with Crippen LogP contribution < -0.4 is 5.46 Å². The first-order chi connectivity index (χ1) is 13.4. The van der Waals surface area contributed by atoms with Crippen LogP contribution in [0.25, 0.3) is 16.5 Å². The van der Waals surface area contributed by atoms with E-state index in [0.29, 0.717) is 0 Å². The normalized spacial score (nSPS) is 21.8. The molecule has 2 aromatic rings. The number of esters is 1. The number of benzene rings is 1. The Labute approximate surface area is 173 Å². The van der Waals surface area contributed by atoms with Crippen molar-refractivity contribution in [2.24, 2.45) is 0 Å². The van der Waals surface area contributed by atoms with Crippen LogP contribution in [0, 0.1) is 0 Å². The van der Waals surface area contributed by atoms with E-state index in [1.807, 2.05) is 20.8 Å². The van der Waals surface area contributed by atoms with Crippen molar-refractivity contribution >= 4 is 35.0 Å². The predicted molar refractivity (Wildman–Crippen MR) is 116 cm³/mol. The Balaban J connectivity index is 1.64. The van der Waals surface area contributed by atoms with Crippen molar-refractivity contribution in [1.82, 2.24) is 4.57 Å². The molecular formula is C23H30BNO4. The van der Waals surface area contributed by atoms with Crippen molar-refractivity contribution in [3.05, 3.63) is 36.0 Å². The SMILES string of the molecule is CC(C)(C)OC(=O)/C=C1\CCn2c1cc1cc(B3OC(C)(C)C(C)(C)O3)ccc12. The maximum absolute atomic E-state index is 12.2. The molecule has 1 aromatic carbocycles. The molecule has 4 rings (SSSR count). The molecule has 2 aliphatic heterocycles. The third-order valence-electron chi connectivity index (χ3n) is 6.08. The van der Waals surface area contributed by atoms with Crippen LogP contribution in [-0.4, -0.2) is 34.5 Å². The Morgan fingerprint density at radius 2 is 1.79 bits per heavy atom. The van der Waals surface area contributed by atoms with Gasteiger partial charge in [-0.25, -0.2) is 4.79 Å². The second-order valence-electron chi connectivity index (χ2n) is 10.0. The predicted octanol–water partition coefficient (Wildman–Crippen LogP) is 4.07. The number of rotatable bonds is 2. The van der Waals surface area contributed by atoms with Gasteiger partial charge >= 0.3 is 13.1 Å². The highest BCUT2D eigenvalue weighted by molar-refractivity contribution is 6.62. The number of hydrogen-bond acceptors (Lipinski definition) is 4. The first-order valence-corrected chi connectivity index (χ1v) is 10.3. The van der Waals surface area contributed by atoms with Gasteiger partial charge in [0, 0.05) is 23.8 Å². The molecule has 0 radical (unpaired) electrons. The van der Waals surface area contributed by atoms with E-state index in [-0.39, 0.29) is 24.3 Å². The molecule has 0 unspecified atom stereocenters. The lowest BCUT2D eigenvalue weighted by molar-refractivity contribution is -0.148. The molecule has 1 saturated heterocycles. The molecule has 1 aromatic heterocycles. The summed E-state index contributed by atoms with van der Waals surface area (Å²) in [5, 5.41) is 1.13. The minimum atomic E-state index is -0.489. The number of hydrogen-bond donors (Lipinski definition) is 0. The third-order valence-corrected chi connectivity index (χ3v) is 6.08. The largest absolute Gasteiger partial charge is 0.494 e. The van der Waals surface area contributed by atoms with Crippen LogP contribution in [0.4, 0.5) is 0 Å². The van der Waals surface area contributed by atoms with E-state index in [4.69, 9.17) is 14.0 Å². The average Bonchev–Trinajstić information content (AvgIpc) is 3.17. The summed E-state index contributed by atoms with van der Waals surface area (Å²) in [7, 11) is -0.379. The quantitative estimate of drug-likeness (QED) is 0.437. The number of fused-ring (bicyclic) bond motifs is 3. The molecule has 0 spiro atoms. The lowest BCUT2D eigenvalue weighted by Crippen LogP contribution is -2.41. The van der Waals surface area contributed by atoms with E-state index in [0.717, 1.165) is 40.6 Å². The highest BCUT2D eigenvalue weighted by Gasteiger charge is 2.51. The van der Waals surface area contributed by atoms with Gasteiger partial charge in [0.1, 0.15) is 5.60 Å². The molecular weight excluding hydrogens is 365 g/mol. The van der Waals surface area contributed by atoms with Gasteiger partial charge in [-0.1, -0.05) is 12.1 Å². The highest BCUT2D eigenvalue weighted by atomic mass is 16.7. The Hall–Kier alpha value is -2.05. The molecule has 0 bridgehead atoms. The first kappa shape index (κ1) is 20.2. The van der Waals surface area contributed by atoms with Crippen LogP contribution in [0.2, 0.25) is 0 Å². The number of allylic oxidation sites excluding steroid dienone is 1. The molecule has 29 heavy (non-hydrogen) atoms. The van der Waals surface area contributed by atoms with E-state index in [1.54, 1.807) is 6.08 Å². The van der Waals surface area contributed by atoms with Crippen LogP contribution in [0.15, 0.2) is 30.3 Å². The first-order valence-electron chi connectivity index (χ1n) is 10.3. The van der Waals surface area contributed by atoms with Gasteiger partial charge < -0.3 is 18.6 Å². The van der Waals surface area contributed by atoms with Crippen molar-refractivity contribution in [3.8, 4) is 0 Å². The fourth-order valence-corrected chi connectivity index (χ4v) is 3.90. The summed E-state index contributed by atoms with van der Waals surface area (Å²) >= 11 is 0. The molecule has 154 valence electrons. The summed E-state index contributed by atoms with van der Waals surface area (Å²) in [4.78, 5) is 12.2. The molecule has 1 fully saturated rings. The molecule has 0 aliphatic carbocycles. The average molecular weight is 395 g/mol. The summed E-state index contributed by atoms with van der Waals surface area (Å²) in [5.74, 6) is -0.288. The molecule has 0 saturated carbocycles. The van der Waals surface area contributed by atoms with Crippen molar-refractivity contribution in [2.45, 2.75) is 78.2 Å². The second kappa shape index (κ2) is 6.48. The second-order valence-corrected chi connectivity index (χ2v) is 10.0. The molecule has 0 N–H and O–H groups in total. The van der Waals surface area contributed by atoms with E-state index in [1.165, 1.54) is 0 Å². The van der Waals surface area contributed by atoms with Gasteiger partial charge in [-0.05, 0) is 83.4 Å². The van der Waals surface area contributed by atoms with Crippen LogP contribution in [-0.2, 0) is 25.4 Å². The minimum Gasteiger partial charge on any atom is -0.457 e. The smallest absolute Gasteiger partial charge is 0.457 e. The van der Waals surface area contributed by atoms with Gasteiger partial charge in [0.2, 0.25) is 0 Å². The summed E-state index contributed by atoms with van der Waals surface area (Å²) in [5.41, 5.74) is 3.06. The number of ether oxygens (including phenoxy) is 1. The van der Waals surface area contributed by atoms with Gasteiger partial charge in [-0.3, -0.25) is 0 Å². The molecule has 6 heteroatoms. The molecule has 2 aliphatic rings. The van der Waals surface area contributed by atoms with Crippen molar-refractivity contribution in [3.63, 3.8) is 0 Å². The minimum absolute atomic E-state index is 0.288. The Bertz CT molecular complexity index is 994. The van der Waals surface area contributed by atoms with E-state index in [2.05, 4.69) is 56.5 Å². The van der Waals surface area contributed by atoms with Crippen LogP contribution in [0.3, 0.4) is 0 Å². The number of carbonyl (C=O) groups excluding carboxylic acids is 1. The zero-order chi connectivity index (χ0) is 21.2. The van der Waals surface area contributed by atoms with Gasteiger partial charge in [0.05, 0.1) is 11.2 Å². The molecule has 0 amide bonds. The van der Waals surface area contributed by atoms with E-state index in [9.17, 15) is 4.79 Å². The molecule has 0 atom stereocenters. The van der Waals surface area contributed by atoms with Crippen molar-refractivity contribution in [1.29, 1.82) is 0 Å². The van der Waals surface area contributed by atoms with Gasteiger partial charge in [0.15, 0.2) is 0 Å². The molecule has 3 heterocycles. The fourth-order valence-electron chi connectivity index (χ4n) is 3.90. The zero-order valence-corrected chi connectivity index (χ0v) is 18.5. The number of carbonyl (C=O) groups is 1. The topological polar surface area (TPSA) is 49.7 Å². The van der Waals surface area contributed by atoms with Crippen molar-refractivity contribution in [2.75, 3.05) is 0 Å². The maximum Gasteiger partial charge on any atom is 0.494 e. The number of aromatic nitrogens is 1. The molecule has 5 nitrogen and oxygen atoms in total. The highest BCUT2D eigenvalue weighted by Crippen LogP contribution is 2.37. The van der Waals surface area contributed by atoms with Crippen LogP contribution in [0.5, 0.6) is 0 Å². The zero-order valence-electron chi connectivity index (χ0n) is 18.5. The Kier molecular flexibility index (Phi) is 4.52. The van der Waals surface area contributed by atoms with E-state index >= 15 is 0 Å². The van der Waals surface area contributed by atoms with Crippen molar-refractivity contribution < 1.29 is 18.8 Å². The maximum atomic E-state index is 12.2. The summed E-state index contributed by atoms with van der Waals surface area (Å²) < 4.78 is 20.1. The standard InChI is InChI=1S/C23H30BNO4/c1-21(2,3)27-20(26)14-15-10-11-25-18-9-8-17(12-16(18)13-19(15)25)24-28-22(4,5)23(6,7)29-24/h8-9,12-14H,10-11H2,1-7H3/b15-14+. The third kappa shape index (κ3) is 3.64. The Morgan fingerprint density at radius 3 is 2.41 bits per heavy atom. The van der Waals surface area contributed by atoms with Crippen LogP contribution >= 0.6 is 0 Å². The lowest BCUT2D eigenvalue weighted by Gasteiger charge is -2.32. The summed E-state index contributed by atoms with van der Waals surface area (Å²) in [6, 6.07) is 8.48.